The molecule has 0 saturated carbocycles. The van der Waals surface area contributed by atoms with Crippen LogP contribution in [0, 0.1) is 11.3 Å². The summed E-state index contributed by atoms with van der Waals surface area (Å²) in [4.78, 5) is 26.2. The van der Waals surface area contributed by atoms with Crippen molar-refractivity contribution in [2.75, 3.05) is 19.6 Å². The van der Waals surface area contributed by atoms with Crippen molar-refractivity contribution in [3.63, 3.8) is 0 Å². The molecule has 32 heavy (non-hydrogen) atoms. The zero-order chi connectivity index (χ0) is 23.3. The molecular formula is C23H27F3N4O2. The lowest BCUT2D eigenvalue weighted by atomic mass is 9.93. The van der Waals surface area contributed by atoms with E-state index in [1.807, 2.05) is 25.2 Å². The molecule has 1 aliphatic heterocycles. The number of rotatable bonds is 7. The van der Waals surface area contributed by atoms with Crippen LogP contribution in [0.1, 0.15) is 37.3 Å². The van der Waals surface area contributed by atoms with Crippen LogP contribution in [0.4, 0.5) is 18.0 Å². The first kappa shape index (κ1) is 23.6. The average Bonchev–Trinajstić information content (AvgIpc) is 3.18. The number of nitrogens with zero attached hydrogens (tertiary/aromatic N) is 1. The van der Waals surface area contributed by atoms with Gasteiger partial charge >= 0.3 is 12.2 Å². The molecule has 2 unspecified atom stereocenters. The van der Waals surface area contributed by atoms with E-state index in [1.165, 1.54) is 22.6 Å². The van der Waals surface area contributed by atoms with E-state index >= 15 is 0 Å². The van der Waals surface area contributed by atoms with Crippen LogP contribution in [0.25, 0.3) is 0 Å². The van der Waals surface area contributed by atoms with Crippen molar-refractivity contribution in [2.45, 2.75) is 38.4 Å². The van der Waals surface area contributed by atoms with Crippen molar-refractivity contribution in [2.24, 2.45) is 5.92 Å². The molecule has 0 bridgehead atoms. The van der Waals surface area contributed by atoms with Gasteiger partial charge < -0.3 is 20.9 Å². The van der Waals surface area contributed by atoms with Gasteiger partial charge in [0.2, 0.25) is 5.91 Å². The standard InChI is InChI=1S/C23H27F3N4O2/c1-15-5-2-3-6-17(15)13-28-22(32)29-14-19(30-12-4-7-20(30)31)21(27)16-8-10-18(11-9-16)23(24,25)26/h2-3,5,8-11,17,19,27H,4,6-7,12-14H2,1H3,(H2,28,29,32). The quantitative estimate of drug-likeness (QED) is 0.553. The third-order valence-corrected chi connectivity index (χ3v) is 5.87. The van der Waals surface area contributed by atoms with Gasteiger partial charge in [-0.1, -0.05) is 35.9 Å². The van der Waals surface area contributed by atoms with Gasteiger partial charge in [-0.15, -0.1) is 0 Å². The first-order valence-electron chi connectivity index (χ1n) is 10.6. The molecule has 0 aromatic heterocycles. The second kappa shape index (κ2) is 10.0. The first-order chi connectivity index (χ1) is 15.2. The number of carbonyl (C=O) groups is 2. The molecule has 9 heteroatoms. The molecular weight excluding hydrogens is 421 g/mol. The van der Waals surface area contributed by atoms with Gasteiger partial charge in [0.15, 0.2) is 0 Å². The first-order valence-corrected chi connectivity index (χ1v) is 10.6. The fourth-order valence-corrected chi connectivity index (χ4v) is 3.89. The van der Waals surface area contributed by atoms with Gasteiger partial charge in [-0.05, 0) is 37.5 Å². The van der Waals surface area contributed by atoms with E-state index in [1.54, 1.807) is 0 Å². The normalized spacial score (nSPS) is 19.5. The Balaban J connectivity index is 1.64. The van der Waals surface area contributed by atoms with Crippen molar-refractivity contribution in [3.8, 4) is 0 Å². The molecule has 2 aliphatic rings. The topological polar surface area (TPSA) is 85.3 Å². The summed E-state index contributed by atoms with van der Waals surface area (Å²) < 4.78 is 38.5. The number of amides is 3. The summed E-state index contributed by atoms with van der Waals surface area (Å²) in [6.07, 6.45) is 3.40. The summed E-state index contributed by atoms with van der Waals surface area (Å²) in [7, 11) is 0. The molecule has 1 aromatic rings. The molecule has 3 N–H and O–H groups in total. The smallest absolute Gasteiger partial charge is 0.338 e. The van der Waals surface area contributed by atoms with E-state index < -0.39 is 23.8 Å². The zero-order valence-electron chi connectivity index (χ0n) is 17.8. The van der Waals surface area contributed by atoms with E-state index in [4.69, 9.17) is 5.41 Å². The number of allylic oxidation sites excluding steroid dienone is 3. The summed E-state index contributed by atoms with van der Waals surface area (Å²) in [5.74, 6) is 0.0794. The van der Waals surface area contributed by atoms with Crippen LogP contribution in [-0.4, -0.2) is 48.2 Å². The number of urea groups is 1. The minimum Gasteiger partial charge on any atom is -0.338 e. The highest BCUT2D eigenvalue weighted by atomic mass is 19.4. The fraction of sp³-hybridized carbons (Fsp3) is 0.435. The van der Waals surface area contributed by atoms with E-state index in [0.717, 1.165) is 18.6 Å². The second-order valence-electron chi connectivity index (χ2n) is 8.06. The average molecular weight is 448 g/mol. The monoisotopic (exact) mass is 448 g/mol. The number of carbonyl (C=O) groups excluding carboxylic acids is 2. The van der Waals surface area contributed by atoms with Crippen molar-refractivity contribution >= 4 is 17.6 Å². The highest BCUT2D eigenvalue weighted by Gasteiger charge is 2.33. The Hall–Kier alpha value is -3.10. The molecule has 1 saturated heterocycles. The Morgan fingerprint density at radius 2 is 1.97 bits per heavy atom. The predicted octanol–water partition coefficient (Wildman–Crippen LogP) is 3.89. The van der Waals surface area contributed by atoms with Crippen LogP contribution in [0.5, 0.6) is 0 Å². The molecule has 3 amide bonds. The molecule has 0 spiro atoms. The zero-order valence-corrected chi connectivity index (χ0v) is 17.8. The van der Waals surface area contributed by atoms with Gasteiger partial charge in [0.1, 0.15) is 0 Å². The Labute approximate surface area is 185 Å². The van der Waals surface area contributed by atoms with Gasteiger partial charge in [0.05, 0.1) is 17.3 Å². The van der Waals surface area contributed by atoms with Crippen LogP contribution >= 0.6 is 0 Å². The van der Waals surface area contributed by atoms with Gasteiger partial charge in [-0.25, -0.2) is 4.79 Å². The minimum atomic E-state index is -4.47. The lowest BCUT2D eigenvalue weighted by Gasteiger charge is -2.29. The van der Waals surface area contributed by atoms with Gasteiger partial charge in [0.25, 0.3) is 0 Å². The Morgan fingerprint density at radius 3 is 2.56 bits per heavy atom. The molecule has 1 aromatic carbocycles. The van der Waals surface area contributed by atoms with Crippen LogP contribution < -0.4 is 10.6 Å². The van der Waals surface area contributed by atoms with E-state index in [2.05, 4.69) is 10.6 Å². The summed E-state index contributed by atoms with van der Waals surface area (Å²) in [5.41, 5.74) is 0.643. The Bertz CT molecular complexity index is 922. The van der Waals surface area contributed by atoms with Crippen molar-refractivity contribution in [1.29, 1.82) is 5.41 Å². The number of likely N-dealkylation sites (tertiary alicyclic amines) is 1. The SMILES string of the molecule is CC1=CC=CCC1CNC(=O)NCC(C(=N)c1ccc(C(F)(F)F)cc1)N1CCCC1=O. The van der Waals surface area contributed by atoms with Gasteiger partial charge in [-0.3, -0.25) is 4.79 Å². The molecule has 2 atom stereocenters. The fourth-order valence-electron chi connectivity index (χ4n) is 3.89. The van der Waals surface area contributed by atoms with Crippen LogP contribution in [0.15, 0.2) is 48.1 Å². The highest BCUT2D eigenvalue weighted by molar-refractivity contribution is 6.04. The van der Waals surface area contributed by atoms with Crippen LogP contribution in [-0.2, 0) is 11.0 Å². The summed E-state index contributed by atoms with van der Waals surface area (Å²) >= 11 is 0. The molecule has 0 radical (unpaired) electrons. The maximum absolute atomic E-state index is 12.8. The predicted molar refractivity (Wildman–Crippen MR) is 115 cm³/mol. The number of benzene rings is 1. The van der Waals surface area contributed by atoms with Crippen molar-refractivity contribution in [1.82, 2.24) is 15.5 Å². The number of nitrogens with one attached hydrogen (secondary N) is 3. The number of hydrogen-bond donors (Lipinski definition) is 3. The third kappa shape index (κ3) is 5.77. The molecule has 172 valence electrons. The van der Waals surface area contributed by atoms with Gasteiger partial charge in [0, 0.05) is 32.0 Å². The molecule has 3 rings (SSSR count). The Kier molecular flexibility index (Phi) is 7.37. The number of halogens is 3. The summed E-state index contributed by atoms with van der Waals surface area (Å²) in [6, 6.07) is 3.12. The Morgan fingerprint density at radius 1 is 1.25 bits per heavy atom. The van der Waals surface area contributed by atoms with E-state index in [-0.39, 0.29) is 29.6 Å². The second-order valence-corrected chi connectivity index (χ2v) is 8.06. The van der Waals surface area contributed by atoms with Crippen molar-refractivity contribution in [3.05, 3.63) is 59.2 Å². The maximum Gasteiger partial charge on any atom is 0.416 e. The largest absolute Gasteiger partial charge is 0.416 e. The van der Waals surface area contributed by atoms with Crippen LogP contribution in [0.2, 0.25) is 0 Å². The number of hydrogen-bond acceptors (Lipinski definition) is 3. The lowest BCUT2D eigenvalue weighted by Crippen LogP contribution is -2.51. The van der Waals surface area contributed by atoms with E-state index in [9.17, 15) is 22.8 Å². The maximum atomic E-state index is 12.8. The molecule has 1 aliphatic carbocycles. The molecule has 6 nitrogen and oxygen atoms in total. The van der Waals surface area contributed by atoms with E-state index in [0.29, 0.717) is 25.9 Å². The number of alkyl halides is 3. The minimum absolute atomic E-state index is 0.00315. The van der Waals surface area contributed by atoms with Gasteiger partial charge in [-0.2, -0.15) is 13.2 Å². The summed E-state index contributed by atoms with van der Waals surface area (Å²) in [6.45, 7) is 2.90. The van der Waals surface area contributed by atoms with Crippen LogP contribution in [0.3, 0.4) is 0 Å². The highest BCUT2D eigenvalue weighted by Crippen LogP contribution is 2.29. The summed E-state index contributed by atoms with van der Waals surface area (Å²) in [5, 5.41) is 14.1. The molecule has 1 fully saturated rings. The molecule has 1 heterocycles. The lowest BCUT2D eigenvalue weighted by molar-refractivity contribution is -0.137. The third-order valence-electron chi connectivity index (χ3n) is 5.87. The van der Waals surface area contributed by atoms with Crippen molar-refractivity contribution < 1.29 is 22.8 Å².